The van der Waals surface area contributed by atoms with Crippen molar-refractivity contribution in [1.29, 1.82) is 0 Å². The van der Waals surface area contributed by atoms with Gasteiger partial charge in [-0.25, -0.2) is 0 Å². The van der Waals surface area contributed by atoms with Gasteiger partial charge in [-0.2, -0.15) is 11.8 Å². The zero-order chi connectivity index (χ0) is 13.4. The fourth-order valence-electron chi connectivity index (χ4n) is 1.38. The Bertz CT molecular complexity index is 427. The second-order valence-electron chi connectivity index (χ2n) is 3.55. The number of nitrogens with one attached hydrogen (secondary N) is 1. The highest BCUT2D eigenvalue weighted by Crippen LogP contribution is 2.27. The summed E-state index contributed by atoms with van der Waals surface area (Å²) in [6, 6.07) is 5.07. The predicted molar refractivity (Wildman–Crippen MR) is 80.0 cm³/mol. The molecule has 0 heterocycles. The lowest BCUT2D eigenvalue weighted by atomic mass is 10.2. The molecular formula is C12H15BrN2O2S. The van der Waals surface area contributed by atoms with E-state index in [1.165, 1.54) is 6.07 Å². The van der Waals surface area contributed by atoms with Crippen molar-refractivity contribution in [3.05, 3.63) is 51.0 Å². The second kappa shape index (κ2) is 8.29. The minimum Gasteiger partial charge on any atom is -0.312 e. The van der Waals surface area contributed by atoms with Gasteiger partial charge in [-0.05, 0) is 21.5 Å². The summed E-state index contributed by atoms with van der Waals surface area (Å²) >= 11 is 5.08. The summed E-state index contributed by atoms with van der Waals surface area (Å²) in [7, 11) is 0. The third-order valence-electron chi connectivity index (χ3n) is 2.23. The van der Waals surface area contributed by atoms with Gasteiger partial charge in [0, 0.05) is 30.7 Å². The summed E-state index contributed by atoms with van der Waals surface area (Å²) < 4.78 is 0.557. The molecule has 4 nitrogen and oxygen atoms in total. The molecule has 0 unspecified atom stereocenters. The highest BCUT2D eigenvalue weighted by atomic mass is 79.9. The molecule has 0 aliphatic heterocycles. The number of hydrogen-bond donors (Lipinski definition) is 1. The van der Waals surface area contributed by atoms with E-state index >= 15 is 0 Å². The van der Waals surface area contributed by atoms with Crippen molar-refractivity contribution in [2.24, 2.45) is 0 Å². The molecular weight excluding hydrogens is 316 g/mol. The van der Waals surface area contributed by atoms with Crippen LogP contribution < -0.4 is 5.32 Å². The van der Waals surface area contributed by atoms with E-state index in [2.05, 4.69) is 27.8 Å². The SMILES string of the molecule is C=CCSCCNCc1cccc([N+](=O)[O-])c1Br. The van der Waals surface area contributed by atoms with Gasteiger partial charge in [0.1, 0.15) is 0 Å². The van der Waals surface area contributed by atoms with E-state index in [4.69, 9.17) is 0 Å². The van der Waals surface area contributed by atoms with Crippen LogP contribution in [0.15, 0.2) is 35.3 Å². The number of nitro groups is 1. The largest absolute Gasteiger partial charge is 0.312 e. The summed E-state index contributed by atoms with van der Waals surface area (Å²) in [4.78, 5) is 10.4. The van der Waals surface area contributed by atoms with Gasteiger partial charge in [0.15, 0.2) is 0 Å². The van der Waals surface area contributed by atoms with Gasteiger partial charge in [0.2, 0.25) is 0 Å². The van der Waals surface area contributed by atoms with Crippen LogP contribution in [-0.2, 0) is 6.54 Å². The van der Waals surface area contributed by atoms with E-state index in [-0.39, 0.29) is 10.6 Å². The molecule has 0 amide bonds. The Labute approximate surface area is 119 Å². The molecule has 98 valence electrons. The maximum atomic E-state index is 10.8. The molecule has 0 saturated carbocycles. The van der Waals surface area contributed by atoms with Crippen LogP contribution in [-0.4, -0.2) is 23.0 Å². The van der Waals surface area contributed by atoms with Crippen LogP contribution >= 0.6 is 27.7 Å². The van der Waals surface area contributed by atoms with Crippen LogP contribution in [0.2, 0.25) is 0 Å². The number of thioether (sulfide) groups is 1. The van der Waals surface area contributed by atoms with Crippen LogP contribution in [0.3, 0.4) is 0 Å². The minimum atomic E-state index is -0.381. The average Bonchev–Trinajstić information content (AvgIpc) is 2.35. The van der Waals surface area contributed by atoms with Crippen molar-refractivity contribution in [3.63, 3.8) is 0 Å². The Kier molecular flexibility index (Phi) is 7.00. The molecule has 0 aromatic heterocycles. The van der Waals surface area contributed by atoms with Gasteiger partial charge < -0.3 is 5.32 Å². The molecule has 1 rings (SSSR count). The number of hydrogen-bond acceptors (Lipinski definition) is 4. The number of nitrogens with zero attached hydrogens (tertiary/aromatic N) is 1. The normalized spacial score (nSPS) is 10.3. The Hall–Kier alpha value is -0.850. The first-order valence-corrected chi connectivity index (χ1v) is 7.42. The average molecular weight is 331 g/mol. The molecule has 18 heavy (non-hydrogen) atoms. The molecule has 0 fully saturated rings. The molecule has 1 N–H and O–H groups in total. The second-order valence-corrected chi connectivity index (χ2v) is 5.49. The molecule has 0 radical (unpaired) electrons. The number of benzene rings is 1. The van der Waals surface area contributed by atoms with Crippen molar-refractivity contribution < 1.29 is 4.92 Å². The molecule has 0 atom stereocenters. The lowest BCUT2D eigenvalue weighted by Crippen LogP contribution is -2.17. The maximum absolute atomic E-state index is 10.8. The lowest BCUT2D eigenvalue weighted by molar-refractivity contribution is -0.385. The van der Waals surface area contributed by atoms with Crippen molar-refractivity contribution >= 4 is 33.4 Å². The minimum absolute atomic E-state index is 0.107. The summed E-state index contributed by atoms with van der Waals surface area (Å²) in [5.41, 5.74) is 1.01. The molecule has 0 bridgehead atoms. The van der Waals surface area contributed by atoms with Crippen LogP contribution in [0.4, 0.5) is 5.69 Å². The first-order chi connectivity index (χ1) is 8.66. The van der Waals surface area contributed by atoms with Crippen LogP contribution in [0.5, 0.6) is 0 Å². The highest BCUT2D eigenvalue weighted by molar-refractivity contribution is 9.10. The van der Waals surface area contributed by atoms with E-state index in [0.717, 1.165) is 23.6 Å². The van der Waals surface area contributed by atoms with Crippen molar-refractivity contribution in [1.82, 2.24) is 5.32 Å². The smallest absolute Gasteiger partial charge is 0.283 e. The molecule has 0 spiro atoms. The van der Waals surface area contributed by atoms with Gasteiger partial charge in [-0.15, -0.1) is 6.58 Å². The molecule has 0 saturated heterocycles. The predicted octanol–water partition coefficient (Wildman–Crippen LogP) is 3.37. The Morgan fingerprint density at radius 2 is 2.33 bits per heavy atom. The van der Waals surface area contributed by atoms with Crippen LogP contribution in [0.25, 0.3) is 0 Å². The van der Waals surface area contributed by atoms with E-state index < -0.39 is 0 Å². The quantitative estimate of drug-likeness (QED) is 0.343. The van der Waals surface area contributed by atoms with E-state index in [9.17, 15) is 10.1 Å². The third-order valence-corrected chi connectivity index (χ3v) is 4.11. The lowest BCUT2D eigenvalue weighted by Gasteiger charge is -2.06. The highest BCUT2D eigenvalue weighted by Gasteiger charge is 2.13. The number of halogens is 1. The van der Waals surface area contributed by atoms with Crippen molar-refractivity contribution in [2.45, 2.75) is 6.54 Å². The topological polar surface area (TPSA) is 55.2 Å². The molecule has 0 aliphatic carbocycles. The Morgan fingerprint density at radius 3 is 3.00 bits per heavy atom. The van der Waals surface area contributed by atoms with E-state index in [1.54, 1.807) is 17.8 Å². The zero-order valence-electron chi connectivity index (χ0n) is 9.89. The van der Waals surface area contributed by atoms with Crippen molar-refractivity contribution in [3.8, 4) is 0 Å². The fraction of sp³-hybridized carbons (Fsp3) is 0.333. The first kappa shape index (κ1) is 15.2. The van der Waals surface area contributed by atoms with Crippen molar-refractivity contribution in [2.75, 3.05) is 18.1 Å². The Morgan fingerprint density at radius 1 is 1.56 bits per heavy atom. The van der Waals surface area contributed by atoms with Crippen LogP contribution in [0.1, 0.15) is 5.56 Å². The zero-order valence-corrected chi connectivity index (χ0v) is 12.3. The van der Waals surface area contributed by atoms with E-state index in [0.29, 0.717) is 11.0 Å². The van der Waals surface area contributed by atoms with E-state index in [1.807, 2.05) is 12.1 Å². The van der Waals surface area contributed by atoms with Crippen LogP contribution in [0, 0.1) is 10.1 Å². The fourth-order valence-corrected chi connectivity index (χ4v) is 2.55. The molecule has 1 aromatic rings. The summed E-state index contributed by atoms with van der Waals surface area (Å²) in [5, 5.41) is 14.0. The van der Waals surface area contributed by atoms with Gasteiger partial charge in [0.25, 0.3) is 5.69 Å². The molecule has 1 aromatic carbocycles. The standard InChI is InChI=1S/C12H15BrN2O2S/c1-2-7-18-8-6-14-9-10-4-3-5-11(12(10)13)15(16)17/h2-5,14H,1,6-9H2. The monoisotopic (exact) mass is 330 g/mol. The summed E-state index contributed by atoms with van der Waals surface area (Å²) in [6.07, 6.45) is 1.88. The molecule has 6 heteroatoms. The summed E-state index contributed by atoms with van der Waals surface area (Å²) in [5.74, 6) is 1.95. The maximum Gasteiger partial charge on any atom is 0.283 e. The van der Waals surface area contributed by atoms with Gasteiger partial charge >= 0.3 is 0 Å². The molecule has 0 aliphatic rings. The third kappa shape index (κ3) is 4.80. The first-order valence-electron chi connectivity index (χ1n) is 5.48. The van der Waals surface area contributed by atoms with Gasteiger partial charge in [-0.1, -0.05) is 18.2 Å². The van der Waals surface area contributed by atoms with Gasteiger partial charge in [-0.3, -0.25) is 10.1 Å². The van der Waals surface area contributed by atoms with Gasteiger partial charge in [0.05, 0.1) is 9.40 Å². The number of rotatable bonds is 8. The summed E-state index contributed by atoms with van der Waals surface area (Å²) in [6.45, 7) is 5.14. The number of nitro benzene ring substituents is 1. The Balaban J connectivity index is 2.45.